The Morgan fingerprint density at radius 3 is 2.37 bits per heavy atom. The fraction of sp³-hybridized carbons (Fsp3) is 0.136. The van der Waals surface area contributed by atoms with Gasteiger partial charge >= 0.3 is 0 Å². The van der Waals surface area contributed by atoms with Gasteiger partial charge in [0.05, 0.1) is 0 Å². The summed E-state index contributed by atoms with van der Waals surface area (Å²) in [6.45, 7) is 0. The van der Waals surface area contributed by atoms with Gasteiger partial charge in [-0.25, -0.2) is 4.39 Å². The van der Waals surface area contributed by atoms with Crippen LogP contribution >= 0.6 is 0 Å². The predicted octanol–water partition coefficient (Wildman–Crippen LogP) is 4.85. The molecule has 4 nitrogen and oxygen atoms in total. The molecule has 0 spiro atoms. The molecule has 134 valence electrons. The number of nitrogens with zero attached hydrogens (tertiary/aromatic N) is 3. The minimum Gasteiger partial charge on any atom is -0.281 e. The Bertz CT molecular complexity index is 996. The van der Waals surface area contributed by atoms with E-state index in [0.29, 0.717) is 0 Å². The zero-order valence-electron chi connectivity index (χ0n) is 14.8. The number of halogens is 1. The van der Waals surface area contributed by atoms with Gasteiger partial charge in [-0.3, -0.25) is 15.1 Å². The topological polar surface area (TPSA) is 54.5 Å². The van der Waals surface area contributed by atoms with Crippen molar-refractivity contribution in [2.75, 3.05) is 0 Å². The van der Waals surface area contributed by atoms with Gasteiger partial charge in [-0.05, 0) is 73.4 Å². The van der Waals surface area contributed by atoms with Crippen molar-refractivity contribution in [1.29, 1.82) is 0 Å². The van der Waals surface area contributed by atoms with E-state index in [0.717, 1.165) is 53.0 Å². The van der Waals surface area contributed by atoms with Crippen LogP contribution in [0.15, 0.2) is 73.2 Å². The van der Waals surface area contributed by atoms with Crippen LogP contribution < -0.4 is 0 Å². The molecule has 4 rings (SSSR count). The highest BCUT2D eigenvalue weighted by molar-refractivity contribution is 5.82. The van der Waals surface area contributed by atoms with Crippen LogP contribution in [0.4, 0.5) is 4.39 Å². The van der Waals surface area contributed by atoms with Crippen molar-refractivity contribution in [2.24, 2.45) is 0 Å². The number of aromatic nitrogens is 4. The third-order valence-electron chi connectivity index (χ3n) is 4.51. The maximum Gasteiger partial charge on any atom is 0.123 e. The first-order valence-corrected chi connectivity index (χ1v) is 8.95. The van der Waals surface area contributed by atoms with E-state index in [9.17, 15) is 4.39 Å². The molecule has 0 saturated heterocycles. The lowest BCUT2D eigenvalue weighted by Crippen LogP contribution is -1.95. The molecule has 0 aliphatic heterocycles. The lowest BCUT2D eigenvalue weighted by molar-refractivity contribution is 0.628. The van der Waals surface area contributed by atoms with Gasteiger partial charge in [-0.2, -0.15) is 5.10 Å². The summed E-state index contributed by atoms with van der Waals surface area (Å²) in [6, 6.07) is 16.4. The van der Waals surface area contributed by atoms with Crippen LogP contribution in [0.2, 0.25) is 0 Å². The standard InChI is InChI=1S/C22H19FN4/c23-18-9-7-17(8-10-18)22-21(16-11-14-24-15-12-16)20(26-27-22)6-3-5-19-4-1-2-13-25-19/h1-2,4,7-15H,3,5-6H2,(H,26,27). The molecule has 5 heteroatoms. The average molecular weight is 358 g/mol. The van der Waals surface area contributed by atoms with Crippen molar-refractivity contribution in [1.82, 2.24) is 20.2 Å². The highest BCUT2D eigenvalue weighted by atomic mass is 19.1. The molecule has 0 bridgehead atoms. The van der Waals surface area contributed by atoms with E-state index < -0.39 is 0 Å². The number of aromatic amines is 1. The molecule has 0 fully saturated rings. The molecule has 4 aromatic rings. The maximum atomic E-state index is 13.3. The summed E-state index contributed by atoms with van der Waals surface area (Å²) in [6.07, 6.45) is 8.08. The SMILES string of the molecule is Fc1ccc(-c2n[nH]c(CCCc3ccccn3)c2-c2ccncc2)cc1. The molecule has 0 aliphatic rings. The maximum absolute atomic E-state index is 13.3. The Hall–Kier alpha value is -3.34. The zero-order chi connectivity index (χ0) is 18.5. The number of pyridine rings is 2. The second-order valence-corrected chi connectivity index (χ2v) is 6.34. The van der Waals surface area contributed by atoms with E-state index in [1.807, 2.05) is 36.5 Å². The highest BCUT2D eigenvalue weighted by Crippen LogP contribution is 2.33. The van der Waals surface area contributed by atoms with Crippen molar-refractivity contribution >= 4 is 0 Å². The molecule has 1 N–H and O–H groups in total. The Balaban J connectivity index is 1.64. The lowest BCUT2D eigenvalue weighted by atomic mass is 9.97. The second kappa shape index (κ2) is 7.91. The van der Waals surface area contributed by atoms with Crippen molar-refractivity contribution in [2.45, 2.75) is 19.3 Å². The third kappa shape index (κ3) is 3.92. The van der Waals surface area contributed by atoms with Crippen LogP contribution in [0.1, 0.15) is 17.8 Å². The first kappa shape index (κ1) is 17.1. The molecule has 0 radical (unpaired) electrons. The van der Waals surface area contributed by atoms with Crippen molar-refractivity contribution in [3.63, 3.8) is 0 Å². The van der Waals surface area contributed by atoms with Gasteiger partial charge in [0.15, 0.2) is 0 Å². The zero-order valence-corrected chi connectivity index (χ0v) is 14.8. The normalized spacial score (nSPS) is 10.9. The monoisotopic (exact) mass is 358 g/mol. The van der Waals surface area contributed by atoms with E-state index in [-0.39, 0.29) is 5.82 Å². The summed E-state index contributed by atoms with van der Waals surface area (Å²) in [5, 5.41) is 7.72. The fourth-order valence-corrected chi connectivity index (χ4v) is 3.20. The van der Waals surface area contributed by atoms with Gasteiger partial charge in [-0.1, -0.05) is 6.07 Å². The number of rotatable bonds is 6. The van der Waals surface area contributed by atoms with E-state index in [4.69, 9.17) is 0 Å². The van der Waals surface area contributed by atoms with Crippen LogP contribution in [0.25, 0.3) is 22.4 Å². The number of hydrogen-bond donors (Lipinski definition) is 1. The van der Waals surface area contributed by atoms with Gasteiger partial charge < -0.3 is 0 Å². The van der Waals surface area contributed by atoms with Gasteiger partial charge in [-0.15, -0.1) is 0 Å². The van der Waals surface area contributed by atoms with Crippen molar-refractivity contribution in [3.8, 4) is 22.4 Å². The van der Waals surface area contributed by atoms with Gasteiger partial charge in [0.25, 0.3) is 0 Å². The summed E-state index contributed by atoms with van der Waals surface area (Å²) in [4.78, 5) is 8.49. The van der Waals surface area contributed by atoms with Crippen LogP contribution in [0, 0.1) is 5.82 Å². The number of aryl methyl sites for hydroxylation is 2. The van der Waals surface area contributed by atoms with Crippen molar-refractivity contribution in [3.05, 3.63) is 90.4 Å². The van der Waals surface area contributed by atoms with E-state index in [1.54, 1.807) is 24.5 Å². The summed E-state index contributed by atoms with van der Waals surface area (Å²) in [7, 11) is 0. The molecule has 27 heavy (non-hydrogen) atoms. The minimum absolute atomic E-state index is 0.254. The lowest BCUT2D eigenvalue weighted by Gasteiger charge is -2.07. The number of hydrogen-bond acceptors (Lipinski definition) is 3. The molecular formula is C22H19FN4. The molecule has 0 amide bonds. The average Bonchev–Trinajstić information content (AvgIpc) is 3.14. The first-order chi connectivity index (χ1) is 13.3. The summed E-state index contributed by atoms with van der Waals surface area (Å²) in [5.74, 6) is -0.254. The van der Waals surface area contributed by atoms with Gasteiger partial charge in [0.1, 0.15) is 11.5 Å². The van der Waals surface area contributed by atoms with Crippen LogP contribution in [0.3, 0.4) is 0 Å². The van der Waals surface area contributed by atoms with E-state index in [1.165, 1.54) is 12.1 Å². The smallest absolute Gasteiger partial charge is 0.123 e. The molecule has 3 heterocycles. The molecule has 1 aromatic carbocycles. The van der Waals surface area contributed by atoms with Crippen LogP contribution in [-0.4, -0.2) is 20.2 Å². The molecule has 0 unspecified atom stereocenters. The van der Waals surface area contributed by atoms with Gasteiger partial charge in [0.2, 0.25) is 0 Å². The van der Waals surface area contributed by atoms with Crippen LogP contribution in [-0.2, 0) is 12.8 Å². The summed E-state index contributed by atoms with van der Waals surface area (Å²) >= 11 is 0. The third-order valence-corrected chi connectivity index (χ3v) is 4.51. The van der Waals surface area contributed by atoms with Gasteiger partial charge in [0, 0.05) is 41.1 Å². The molecule has 0 atom stereocenters. The Morgan fingerprint density at radius 2 is 1.63 bits per heavy atom. The number of benzene rings is 1. The molecular weight excluding hydrogens is 339 g/mol. The number of H-pyrrole nitrogens is 1. The van der Waals surface area contributed by atoms with E-state index in [2.05, 4.69) is 20.2 Å². The number of nitrogens with one attached hydrogen (secondary N) is 1. The molecule has 3 aromatic heterocycles. The predicted molar refractivity (Wildman–Crippen MR) is 103 cm³/mol. The highest BCUT2D eigenvalue weighted by Gasteiger charge is 2.16. The van der Waals surface area contributed by atoms with Crippen LogP contribution in [0.5, 0.6) is 0 Å². The minimum atomic E-state index is -0.254. The first-order valence-electron chi connectivity index (χ1n) is 8.95. The Kier molecular flexibility index (Phi) is 5.01. The second-order valence-electron chi connectivity index (χ2n) is 6.34. The summed E-state index contributed by atoms with van der Waals surface area (Å²) < 4.78 is 13.3. The largest absolute Gasteiger partial charge is 0.281 e. The Labute approximate surface area is 157 Å². The Morgan fingerprint density at radius 1 is 0.815 bits per heavy atom. The van der Waals surface area contributed by atoms with E-state index >= 15 is 0 Å². The molecule has 0 saturated carbocycles. The fourth-order valence-electron chi connectivity index (χ4n) is 3.20. The molecule has 0 aliphatic carbocycles. The summed E-state index contributed by atoms with van der Waals surface area (Å²) in [5.41, 5.74) is 5.96. The van der Waals surface area contributed by atoms with Crippen molar-refractivity contribution < 1.29 is 4.39 Å². The quantitative estimate of drug-likeness (QED) is 0.536.